The first kappa shape index (κ1) is 11.2. The van der Waals surface area contributed by atoms with Gasteiger partial charge < -0.3 is 10.8 Å². The molecule has 1 aromatic rings. The van der Waals surface area contributed by atoms with Gasteiger partial charge in [0.1, 0.15) is 0 Å². The Morgan fingerprint density at radius 1 is 1.14 bits per heavy atom. The van der Waals surface area contributed by atoms with Crippen LogP contribution in [0.2, 0.25) is 0 Å². The van der Waals surface area contributed by atoms with E-state index >= 15 is 0 Å². The van der Waals surface area contributed by atoms with Crippen LogP contribution in [0.4, 0.5) is 0 Å². The van der Waals surface area contributed by atoms with Crippen molar-refractivity contribution < 1.29 is 5.11 Å². The second-order valence-corrected chi connectivity index (χ2v) is 4.12. The Kier molecular flexibility index (Phi) is 3.29. The van der Waals surface area contributed by atoms with Gasteiger partial charge in [0.25, 0.3) is 0 Å². The lowest BCUT2D eigenvalue weighted by atomic mass is 9.93. The largest absolute Gasteiger partial charge is 0.387 e. The molecule has 1 rings (SSSR count). The Bertz CT molecular complexity index is 308. The maximum atomic E-state index is 9.93. The first-order valence-electron chi connectivity index (χ1n) is 4.95. The van der Waals surface area contributed by atoms with Crippen LogP contribution in [0, 0.1) is 20.8 Å². The van der Waals surface area contributed by atoms with Crippen molar-refractivity contribution in [1.82, 2.24) is 0 Å². The van der Waals surface area contributed by atoms with E-state index in [4.69, 9.17) is 5.73 Å². The lowest BCUT2D eigenvalue weighted by Gasteiger charge is -2.20. The number of hydrogen-bond acceptors (Lipinski definition) is 2. The van der Waals surface area contributed by atoms with E-state index in [0.29, 0.717) is 0 Å². The highest BCUT2D eigenvalue weighted by Gasteiger charge is 2.16. The third-order valence-corrected chi connectivity index (χ3v) is 2.53. The van der Waals surface area contributed by atoms with Crippen LogP contribution in [0.3, 0.4) is 0 Å². The fourth-order valence-electron chi connectivity index (χ4n) is 1.92. The molecule has 2 atom stereocenters. The molecule has 0 aliphatic rings. The fraction of sp³-hybridized carbons (Fsp3) is 0.500. The molecule has 0 aliphatic heterocycles. The van der Waals surface area contributed by atoms with Gasteiger partial charge in [-0.25, -0.2) is 0 Å². The molecule has 2 heteroatoms. The molecule has 2 unspecified atom stereocenters. The minimum absolute atomic E-state index is 0.227. The van der Waals surface area contributed by atoms with Crippen LogP contribution < -0.4 is 5.73 Å². The maximum Gasteiger partial charge on any atom is 0.0943 e. The van der Waals surface area contributed by atoms with E-state index in [-0.39, 0.29) is 6.04 Å². The number of aliphatic hydroxyl groups is 1. The van der Waals surface area contributed by atoms with Crippen LogP contribution in [0.5, 0.6) is 0 Å². The molecule has 0 aliphatic carbocycles. The van der Waals surface area contributed by atoms with Gasteiger partial charge in [0.2, 0.25) is 0 Å². The SMILES string of the molecule is Cc1cc(C)c(C(O)C(C)N)c(C)c1. The molecule has 0 spiro atoms. The number of hydrogen-bond donors (Lipinski definition) is 2. The Labute approximate surface area is 85.8 Å². The van der Waals surface area contributed by atoms with Gasteiger partial charge in [-0.3, -0.25) is 0 Å². The minimum Gasteiger partial charge on any atom is -0.387 e. The molecule has 2 nitrogen and oxygen atoms in total. The van der Waals surface area contributed by atoms with E-state index in [1.165, 1.54) is 5.56 Å². The second kappa shape index (κ2) is 4.11. The van der Waals surface area contributed by atoms with E-state index in [0.717, 1.165) is 16.7 Å². The van der Waals surface area contributed by atoms with Crippen molar-refractivity contribution in [3.63, 3.8) is 0 Å². The molecule has 0 amide bonds. The van der Waals surface area contributed by atoms with Crippen molar-refractivity contribution in [1.29, 1.82) is 0 Å². The zero-order valence-electron chi connectivity index (χ0n) is 9.33. The predicted molar refractivity (Wildman–Crippen MR) is 59.3 cm³/mol. The summed E-state index contributed by atoms with van der Waals surface area (Å²) < 4.78 is 0. The summed E-state index contributed by atoms with van der Waals surface area (Å²) in [6, 6.07) is 3.93. The van der Waals surface area contributed by atoms with Crippen LogP contribution in [-0.2, 0) is 0 Å². The molecule has 3 N–H and O–H groups in total. The Morgan fingerprint density at radius 3 is 1.93 bits per heavy atom. The average molecular weight is 193 g/mol. The molecule has 14 heavy (non-hydrogen) atoms. The smallest absolute Gasteiger partial charge is 0.0943 e. The van der Waals surface area contributed by atoms with Gasteiger partial charge in [-0.2, -0.15) is 0 Å². The standard InChI is InChI=1S/C12H19NO/c1-7-5-8(2)11(9(3)6-7)12(14)10(4)13/h5-6,10,12,14H,13H2,1-4H3. The summed E-state index contributed by atoms with van der Waals surface area (Å²) in [5.74, 6) is 0. The van der Waals surface area contributed by atoms with Crippen molar-refractivity contribution in [2.45, 2.75) is 39.8 Å². The fourth-order valence-corrected chi connectivity index (χ4v) is 1.92. The number of benzene rings is 1. The molecule has 0 saturated heterocycles. The van der Waals surface area contributed by atoms with Crippen LogP contribution in [-0.4, -0.2) is 11.1 Å². The molecular formula is C12H19NO. The Morgan fingerprint density at radius 2 is 1.57 bits per heavy atom. The number of aryl methyl sites for hydroxylation is 3. The highest BCUT2D eigenvalue weighted by atomic mass is 16.3. The topological polar surface area (TPSA) is 46.2 Å². The van der Waals surface area contributed by atoms with Crippen LogP contribution >= 0.6 is 0 Å². The highest BCUT2D eigenvalue weighted by Crippen LogP contribution is 2.24. The van der Waals surface area contributed by atoms with E-state index < -0.39 is 6.10 Å². The van der Waals surface area contributed by atoms with Gasteiger partial charge in [0.05, 0.1) is 6.10 Å². The van der Waals surface area contributed by atoms with Gasteiger partial charge in [0.15, 0.2) is 0 Å². The maximum absolute atomic E-state index is 9.93. The Hall–Kier alpha value is -0.860. The normalized spacial score (nSPS) is 15.3. The zero-order chi connectivity index (χ0) is 10.9. The monoisotopic (exact) mass is 193 g/mol. The molecule has 1 aromatic carbocycles. The summed E-state index contributed by atoms with van der Waals surface area (Å²) >= 11 is 0. The van der Waals surface area contributed by atoms with Gasteiger partial charge in [0, 0.05) is 6.04 Å². The number of nitrogens with two attached hydrogens (primary N) is 1. The van der Waals surface area contributed by atoms with Crippen molar-refractivity contribution >= 4 is 0 Å². The van der Waals surface area contributed by atoms with Crippen LogP contribution in [0.25, 0.3) is 0 Å². The number of aliphatic hydroxyl groups excluding tert-OH is 1. The summed E-state index contributed by atoms with van der Waals surface area (Å²) in [7, 11) is 0. The van der Waals surface area contributed by atoms with Gasteiger partial charge in [-0.15, -0.1) is 0 Å². The number of rotatable bonds is 2. The van der Waals surface area contributed by atoms with Crippen LogP contribution in [0.15, 0.2) is 12.1 Å². The summed E-state index contributed by atoms with van der Waals surface area (Å²) in [6.07, 6.45) is -0.560. The third-order valence-electron chi connectivity index (χ3n) is 2.53. The van der Waals surface area contributed by atoms with E-state index in [1.807, 2.05) is 20.8 Å². The second-order valence-electron chi connectivity index (χ2n) is 4.12. The quantitative estimate of drug-likeness (QED) is 0.754. The molecule has 78 valence electrons. The van der Waals surface area contributed by atoms with E-state index in [9.17, 15) is 5.11 Å². The summed E-state index contributed by atoms with van der Waals surface area (Å²) in [6.45, 7) is 7.91. The summed E-state index contributed by atoms with van der Waals surface area (Å²) in [5, 5.41) is 9.93. The van der Waals surface area contributed by atoms with Crippen molar-refractivity contribution in [3.8, 4) is 0 Å². The molecule has 0 saturated carbocycles. The molecule has 0 fully saturated rings. The van der Waals surface area contributed by atoms with Gasteiger partial charge in [-0.1, -0.05) is 17.7 Å². The van der Waals surface area contributed by atoms with Crippen molar-refractivity contribution in [3.05, 3.63) is 34.4 Å². The lowest BCUT2D eigenvalue weighted by Crippen LogP contribution is -2.25. The third kappa shape index (κ3) is 2.14. The van der Waals surface area contributed by atoms with Crippen molar-refractivity contribution in [2.75, 3.05) is 0 Å². The highest BCUT2D eigenvalue weighted by molar-refractivity contribution is 5.39. The predicted octanol–water partition coefficient (Wildman–Crippen LogP) is 1.99. The first-order chi connectivity index (χ1) is 6.43. The first-order valence-corrected chi connectivity index (χ1v) is 4.95. The molecule has 0 bridgehead atoms. The summed E-state index contributed by atoms with van der Waals surface area (Å²) in [5.41, 5.74) is 10.1. The van der Waals surface area contributed by atoms with E-state index in [2.05, 4.69) is 19.1 Å². The van der Waals surface area contributed by atoms with Crippen LogP contribution in [0.1, 0.15) is 35.3 Å². The lowest BCUT2D eigenvalue weighted by molar-refractivity contribution is 0.152. The summed E-state index contributed by atoms with van der Waals surface area (Å²) in [4.78, 5) is 0. The van der Waals surface area contributed by atoms with E-state index in [1.54, 1.807) is 0 Å². The van der Waals surface area contributed by atoms with Gasteiger partial charge in [-0.05, 0) is 44.4 Å². The van der Waals surface area contributed by atoms with Crippen molar-refractivity contribution in [2.24, 2.45) is 5.73 Å². The van der Waals surface area contributed by atoms with Gasteiger partial charge >= 0.3 is 0 Å². The Balaban J connectivity index is 3.20. The molecular weight excluding hydrogens is 174 g/mol. The molecule has 0 aromatic heterocycles. The molecule has 0 radical (unpaired) electrons. The zero-order valence-corrected chi connectivity index (χ0v) is 9.33. The molecule has 0 heterocycles. The minimum atomic E-state index is -0.560. The average Bonchev–Trinajstić information content (AvgIpc) is 2.01.